The third-order valence-electron chi connectivity index (χ3n) is 6.10. The topological polar surface area (TPSA) is 106 Å². The van der Waals surface area contributed by atoms with Crippen molar-refractivity contribution in [3.05, 3.63) is 101 Å². The highest BCUT2D eigenvalue weighted by atomic mass is 32.2. The molecule has 0 atom stereocenters. The van der Waals surface area contributed by atoms with Crippen molar-refractivity contribution in [1.82, 2.24) is 9.97 Å². The van der Waals surface area contributed by atoms with Gasteiger partial charge in [0.15, 0.2) is 9.84 Å². The zero-order valence-electron chi connectivity index (χ0n) is 20.7. The van der Waals surface area contributed by atoms with E-state index in [1.54, 1.807) is 30.3 Å². The molecule has 40 heavy (non-hydrogen) atoms. The normalized spacial score (nSPS) is 11.9. The summed E-state index contributed by atoms with van der Waals surface area (Å²) in [5, 5.41) is 0.251. The van der Waals surface area contributed by atoms with E-state index >= 15 is 0 Å². The fourth-order valence-electron chi connectivity index (χ4n) is 4.19. The molecular weight excluding hydrogens is 545 g/mol. The lowest BCUT2D eigenvalue weighted by Crippen LogP contribution is -2.27. The molecule has 0 aliphatic carbocycles. The SMILES string of the molecule is CS(=O)(=O)c1cccc(-c2c[nH]c(=O)c3cc(-c4ccccc4)c(-c4ccc(OC(=O)C(F)(F)F)cc4)nc23)c1. The van der Waals surface area contributed by atoms with Gasteiger partial charge in [0, 0.05) is 29.1 Å². The van der Waals surface area contributed by atoms with Gasteiger partial charge in [0.25, 0.3) is 5.56 Å². The second-order valence-electron chi connectivity index (χ2n) is 8.89. The van der Waals surface area contributed by atoms with Gasteiger partial charge in [-0.2, -0.15) is 13.2 Å². The van der Waals surface area contributed by atoms with Gasteiger partial charge >= 0.3 is 12.1 Å². The van der Waals surface area contributed by atoms with Crippen molar-refractivity contribution in [3.63, 3.8) is 0 Å². The van der Waals surface area contributed by atoms with Crippen LogP contribution in [0.2, 0.25) is 0 Å². The van der Waals surface area contributed by atoms with Gasteiger partial charge < -0.3 is 9.72 Å². The van der Waals surface area contributed by atoms with Crippen molar-refractivity contribution in [1.29, 1.82) is 0 Å². The molecule has 2 heterocycles. The predicted molar refractivity (Wildman–Crippen MR) is 143 cm³/mol. The van der Waals surface area contributed by atoms with Crippen LogP contribution in [0.1, 0.15) is 0 Å². The van der Waals surface area contributed by atoms with Crippen LogP contribution in [0.4, 0.5) is 13.2 Å². The number of H-pyrrole nitrogens is 1. The van der Waals surface area contributed by atoms with E-state index in [0.717, 1.165) is 11.8 Å². The lowest BCUT2D eigenvalue weighted by molar-refractivity contribution is -0.189. The Morgan fingerprint density at radius 1 is 0.850 bits per heavy atom. The highest BCUT2D eigenvalue weighted by molar-refractivity contribution is 7.90. The van der Waals surface area contributed by atoms with Gasteiger partial charge in [-0.25, -0.2) is 18.2 Å². The first-order valence-electron chi connectivity index (χ1n) is 11.7. The number of alkyl halides is 3. The summed E-state index contributed by atoms with van der Waals surface area (Å²) < 4.78 is 66.6. The Hall–Kier alpha value is -4.77. The monoisotopic (exact) mass is 564 g/mol. The predicted octanol–water partition coefficient (Wildman–Crippen LogP) is 5.80. The van der Waals surface area contributed by atoms with E-state index in [2.05, 4.69) is 9.72 Å². The number of hydrogen-bond acceptors (Lipinski definition) is 6. The maximum absolute atomic E-state index is 12.9. The van der Waals surface area contributed by atoms with Gasteiger partial charge in [-0.1, -0.05) is 42.5 Å². The molecule has 0 saturated carbocycles. The fourth-order valence-corrected chi connectivity index (χ4v) is 4.86. The molecule has 7 nitrogen and oxygen atoms in total. The lowest BCUT2D eigenvalue weighted by Gasteiger charge is -2.14. The number of sulfone groups is 1. The number of nitrogens with zero attached hydrogens (tertiary/aromatic N) is 1. The second-order valence-corrected chi connectivity index (χ2v) is 10.9. The van der Waals surface area contributed by atoms with Crippen LogP contribution >= 0.6 is 0 Å². The number of hydrogen-bond donors (Lipinski definition) is 1. The summed E-state index contributed by atoms with van der Waals surface area (Å²) >= 11 is 0. The Labute approximate surface area is 225 Å². The number of carbonyl (C=O) groups excluding carboxylic acids is 1. The van der Waals surface area contributed by atoms with Crippen LogP contribution in [-0.4, -0.2) is 36.8 Å². The van der Waals surface area contributed by atoms with Gasteiger partial charge in [0.05, 0.1) is 21.5 Å². The molecule has 0 spiro atoms. The first kappa shape index (κ1) is 26.8. The zero-order chi connectivity index (χ0) is 28.7. The maximum atomic E-state index is 12.9. The molecule has 0 unspecified atom stereocenters. The minimum atomic E-state index is -5.14. The first-order chi connectivity index (χ1) is 18.9. The lowest BCUT2D eigenvalue weighted by atomic mass is 9.96. The van der Waals surface area contributed by atoms with Crippen LogP contribution in [0.15, 0.2) is 101 Å². The molecule has 0 aliphatic heterocycles. The van der Waals surface area contributed by atoms with E-state index in [9.17, 15) is 31.2 Å². The largest absolute Gasteiger partial charge is 0.491 e. The molecule has 3 aromatic carbocycles. The molecule has 0 amide bonds. The van der Waals surface area contributed by atoms with Gasteiger partial charge in [0.2, 0.25) is 0 Å². The highest BCUT2D eigenvalue weighted by Gasteiger charge is 2.41. The van der Waals surface area contributed by atoms with E-state index in [-0.39, 0.29) is 21.5 Å². The summed E-state index contributed by atoms with van der Waals surface area (Å²) in [6.45, 7) is 0. The van der Waals surface area contributed by atoms with Crippen LogP contribution in [0.5, 0.6) is 5.75 Å². The standard InChI is InChI=1S/C29H19F3N2O5S/c1-40(37,38)21-9-5-8-19(14-21)24-16-33-27(35)23-15-22(17-6-3-2-4-7-17)25(34-26(23)24)18-10-12-20(13-11-18)39-28(36)29(30,31)32/h2-16H,1H3,(H,33,35). The molecular formula is C29H19F3N2O5S. The maximum Gasteiger partial charge on any atom is 0.491 e. The molecule has 202 valence electrons. The molecule has 5 aromatic rings. The minimum absolute atomic E-state index is 0.0921. The van der Waals surface area contributed by atoms with Gasteiger partial charge in [-0.05, 0) is 53.6 Å². The number of fused-ring (bicyclic) bond motifs is 1. The zero-order valence-corrected chi connectivity index (χ0v) is 21.5. The average Bonchev–Trinajstić information content (AvgIpc) is 2.93. The van der Waals surface area contributed by atoms with Crippen LogP contribution in [-0.2, 0) is 14.6 Å². The quantitative estimate of drug-likeness (QED) is 0.214. The van der Waals surface area contributed by atoms with E-state index < -0.39 is 27.5 Å². The summed E-state index contributed by atoms with van der Waals surface area (Å²) in [6.07, 6.45) is -2.60. The molecule has 0 saturated heterocycles. The molecule has 1 N–H and O–H groups in total. The van der Waals surface area contributed by atoms with E-state index in [1.807, 2.05) is 18.2 Å². The number of ether oxygens (including phenoxy) is 1. The Balaban J connectivity index is 1.72. The Morgan fingerprint density at radius 3 is 2.17 bits per heavy atom. The van der Waals surface area contributed by atoms with Crippen molar-refractivity contribution in [2.45, 2.75) is 11.1 Å². The van der Waals surface area contributed by atoms with Crippen LogP contribution in [0.3, 0.4) is 0 Å². The number of benzene rings is 3. The second kappa shape index (κ2) is 10.1. The number of pyridine rings is 2. The number of nitrogens with one attached hydrogen (secondary N) is 1. The Kier molecular flexibility index (Phi) is 6.76. The highest BCUT2D eigenvalue weighted by Crippen LogP contribution is 2.36. The number of esters is 1. The summed E-state index contributed by atoms with van der Waals surface area (Å²) in [6, 6.07) is 22.3. The molecule has 0 aliphatic rings. The Morgan fingerprint density at radius 2 is 1.52 bits per heavy atom. The molecule has 2 aromatic heterocycles. The number of carbonyl (C=O) groups is 1. The van der Waals surface area contributed by atoms with Crippen LogP contribution < -0.4 is 10.3 Å². The van der Waals surface area contributed by atoms with Crippen molar-refractivity contribution in [3.8, 4) is 39.3 Å². The van der Waals surface area contributed by atoms with Gasteiger partial charge in [-0.15, -0.1) is 0 Å². The number of halogens is 3. The third kappa shape index (κ3) is 5.36. The molecule has 5 rings (SSSR count). The van der Waals surface area contributed by atoms with E-state index in [1.165, 1.54) is 42.6 Å². The summed E-state index contributed by atoms with van der Waals surface area (Å²) in [5.41, 5.74) is 3.02. The minimum Gasteiger partial charge on any atom is -0.420 e. The summed E-state index contributed by atoms with van der Waals surface area (Å²) in [4.78, 5) is 31.8. The summed E-state index contributed by atoms with van der Waals surface area (Å²) in [5.74, 6) is -2.64. The average molecular weight is 565 g/mol. The molecule has 11 heteroatoms. The van der Waals surface area contributed by atoms with Gasteiger partial charge in [0.1, 0.15) is 5.75 Å². The smallest absolute Gasteiger partial charge is 0.420 e. The summed E-state index contributed by atoms with van der Waals surface area (Å²) in [7, 11) is -3.51. The third-order valence-corrected chi connectivity index (χ3v) is 7.21. The first-order valence-corrected chi connectivity index (χ1v) is 13.6. The van der Waals surface area contributed by atoms with Crippen molar-refractivity contribution >= 4 is 26.7 Å². The fraction of sp³-hybridized carbons (Fsp3) is 0.0690. The van der Waals surface area contributed by atoms with Crippen molar-refractivity contribution in [2.75, 3.05) is 6.26 Å². The van der Waals surface area contributed by atoms with Crippen LogP contribution in [0, 0.1) is 0 Å². The van der Waals surface area contributed by atoms with Crippen molar-refractivity contribution in [2.24, 2.45) is 0 Å². The Bertz CT molecular complexity index is 1920. The molecule has 0 bridgehead atoms. The van der Waals surface area contributed by atoms with Gasteiger partial charge in [-0.3, -0.25) is 4.79 Å². The molecule has 0 radical (unpaired) electrons. The van der Waals surface area contributed by atoms with E-state index in [0.29, 0.717) is 27.9 Å². The number of aromatic amines is 1. The molecule has 0 fully saturated rings. The van der Waals surface area contributed by atoms with Crippen molar-refractivity contribution < 1.29 is 31.1 Å². The number of rotatable bonds is 5. The van der Waals surface area contributed by atoms with Crippen LogP contribution in [0.25, 0.3) is 44.4 Å². The number of aromatic nitrogens is 2. The van der Waals surface area contributed by atoms with E-state index in [4.69, 9.17) is 4.98 Å².